The van der Waals surface area contributed by atoms with Gasteiger partial charge in [-0.05, 0) is 25.7 Å². The number of amides is 4. The van der Waals surface area contributed by atoms with Crippen molar-refractivity contribution in [3.05, 3.63) is 0 Å². The molecule has 0 aromatic carbocycles. The van der Waals surface area contributed by atoms with Gasteiger partial charge in [0.25, 0.3) is 0 Å². The maximum Gasteiger partial charge on any atom is 0.328 e. The van der Waals surface area contributed by atoms with Crippen LogP contribution >= 0.6 is 0 Å². The summed E-state index contributed by atoms with van der Waals surface area (Å²) in [6.07, 6.45) is 5.69. The van der Waals surface area contributed by atoms with Crippen LogP contribution in [-0.2, 0) is 24.0 Å². The lowest BCUT2D eigenvalue weighted by Crippen LogP contribution is -2.63. The predicted molar refractivity (Wildman–Crippen MR) is 110 cm³/mol. The number of hydrogen-bond acceptors (Lipinski definition) is 6. The molecule has 2 aliphatic rings. The van der Waals surface area contributed by atoms with Crippen LogP contribution in [0.25, 0.3) is 0 Å². The normalized spacial score (nSPS) is 17.1. The molecule has 1 saturated heterocycles. The minimum atomic E-state index is -1.08. The zero-order chi connectivity index (χ0) is 24.6. The van der Waals surface area contributed by atoms with Gasteiger partial charge in [0.15, 0.2) is 0 Å². The second-order valence-corrected chi connectivity index (χ2v) is 7.02. The van der Waals surface area contributed by atoms with E-state index in [1.807, 2.05) is 0 Å². The van der Waals surface area contributed by atoms with Crippen molar-refractivity contribution in [3.63, 3.8) is 0 Å². The molecule has 2 rings (SSSR count). The Morgan fingerprint density at radius 1 is 0.774 bits per heavy atom. The Hall–Kier alpha value is -2.98. The first-order chi connectivity index (χ1) is 14.4. The highest BCUT2D eigenvalue weighted by atomic mass is 16.4. The summed E-state index contributed by atoms with van der Waals surface area (Å²) in [5.74, 6) is -3.09. The molecule has 0 atom stereocenters. The number of barbiturate groups is 1. The average molecular weight is 446 g/mol. The van der Waals surface area contributed by atoms with Crippen molar-refractivity contribution in [1.82, 2.24) is 10.6 Å². The third-order valence-corrected chi connectivity index (χ3v) is 4.73. The molecule has 1 saturated carbocycles. The number of hydrogen-bond donors (Lipinski definition) is 5. The first-order valence-corrected chi connectivity index (χ1v) is 10.2. The van der Waals surface area contributed by atoms with E-state index in [1.54, 1.807) is 27.7 Å². The molecule has 0 aromatic rings. The second kappa shape index (κ2) is 15.8. The van der Waals surface area contributed by atoms with Gasteiger partial charge in [-0.15, -0.1) is 0 Å². The SMILES string of the molecule is CC1(C2CCCCC2)C(=O)NC(=O)NC1=O.CCC(=O)O.CCC(=O)O.CCC(=O)O. The smallest absolute Gasteiger partial charge is 0.328 e. The molecule has 178 valence electrons. The van der Waals surface area contributed by atoms with Gasteiger partial charge in [-0.2, -0.15) is 0 Å². The number of carbonyl (C=O) groups is 6. The van der Waals surface area contributed by atoms with Crippen molar-refractivity contribution in [2.45, 2.75) is 79.1 Å². The number of carboxylic acids is 3. The Bertz CT molecular complexity index is 587. The average Bonchev–Trinajstić information content (AvgIpc) is 2.73. The van der Waals surface area contributed by atoms with Crippen LogP contribution in [0.5, 0.6) is 0 Å². The summed E-state index contributed by atoms with van der Waals surface area (Å²) in [7, 11) is 0. The fourth-order valence-corrected chi connectivity index (χ4v) is 2.65. The molecule has 0 aromatic heterocycles. The first-order valence-electron chi connectivity index (χ1n) is 10.2. The third kappa shape index (κ3) is 12.3. The zero-order valence-electron chi connectivity index (χ0n) is 18.5. The number of carbonyl (C=O) groups excluding carboxylic acids is 3. The van der Waals surface area contributed by atoms with Crippen LogP contribution in [0.1, 0.15) is 79.1 Å². The minimum absolute atomic E-state index is 0.0503. The van der Waals surface area contributed by atoms with Gasteiger partial charge < -0.3 is 15.3 Å². The van der Waals surface area contributed by atoms with Crippen molar-refractivity contribution in [3.8, 4) is 0 Å². The Morgan fingerprint density at radius 3 is 1.32 bits per heavy atom. The summed E-state index contributed by atoms with van der Waals surface area (Å²) in [6, 6.07) is -0.705. The molecule has 0 spiro atoms. The number of imide groups is 2. The maximum atomic E-state index is 11.8. The van der Waals surface area contributed by atoms with Crippen LogP contribution in [0.4, 0.5) is 4.79 Å². The molecule has 1 heterocycles. The number of rotatable bonds is 4. The van der Waals surface area contributed by atoms with Gasteiger partial charge in [-0.25, -0.2) is 4.79 Å². The second-order valence-electron chi connectivity index (χ2n) is 7.02. The summed E-state index contributed by atoms with van der Waals surface area (Å²) in [5.41, 5.74) is -1.08. The molecule has 0 unspecified atom stereocenters. The van der Waals surface area contributed by atoms with E-state index < -0.39 is 41.2 Å². The molecule has 5 N–H and O–H groups in total. The van der Waals surface area contributed by atoms with Gasteiger partial charge >= 0.3 is 23.9 Å². The number of urea groups is 1. The van der Waals surface area contributed by atoms with E-state index in [1.165, 1.54) is 0 Å². The molecule has 11 heteroatoms. The molecular weight excluding hydrogens is 412 g/mol. The molecule has 1 aliphatic carbocycles. The standard InChI is InChI=1S/C11H16N2O3.3C3H6O2/c1-11(7-5-3-2-4-6-7)8(14)12-10(16)13-9(11)15;3*1-2-3(4)5/h7H,2-6H2,1H3,(H2,12,13,14,15,16);3*2H2,1H3,(H,4,5). The van der Waals surface area contributed by atoms with Crippen LogP contribution in [0, 0.1) is 11.3 Å². The van der Waals surface area contributed by atoms with Crippen molar-refractivity contribution < 1.29 is 44.1 Å². The highest BCUT2D eigenvalue weighted by molar-refractivity contribution is 6.19. The van der Waals surface area contributed by atoms with Crippen LogP contribution < -0.4 is 10.6 Å². The molecule has 0 bridgehead atoms. The van der Waals surface area contributed by atoms with E-state index >= 15 is 0 Å². The summed E-state index contributed by atoms with van der Waals surface area (Å²) in [6.45, 7) is 6.44. The molecule has 4 amide bonds. The summed E-state index contributed by atoms with van der Waals surface area (Å²) < 4.78 is 0. The molecule has 1 aliphatic heterocycles. The van der Waals surface area contributed by atoms with Gasteiger partial charge in [0, 0.05) is 19.3 Å². The minimum Gasteiger partial charge on any atom is -0.481 e. The lowest BCUT2D eigenvalue weighted by Gasteiger charge is -2.39. The maximum absolute atomic E-state index is 11.8. The van der Waals surface area contributed by atoms with Gasteiger partial charge in [-0.3, -0.25) is 34.6 Å². The van der Waals surface area contributed by atoms with Gasteiger partial charge in [0.05, 0.1) is 0 Å². The van der Waals surface area contributed by atoms with Crippen LogP contribution in [0.3, 0.4) is 0 Å². The van der Waals surface area contributed by atoms with Gasteiger partial charge in [-0.1, -0.05) is 40.0 Å². The molecular formula is C20H34N2O9. The van der Waals surface area contributed by atoms with E-state index in [0.29, 0.717) is 0 Å². The highest BCUT2D eigenvalue weighted by Crippen LogP contribution is 2.39. The van der Waals surface area contributed by atoms with Crippen molar-refractivity contribution in [2.24, 2.45) is 11.3 Å². The van der Waals surface area contributed by atoms with Gasteiger partial charge in [0.2, 0.25) is 11.8 Å². The van der Waals surface area contributed by atoms with E-state index in [2.05, 4.69) is 10.6 Å². The fourth-order valence-electron chi connectivity index (χ4n) is 2.65. The van der Waals surface area contributed by atoms with Crippen molar-refractivity contribution >= 4 is 35.8 Å². The number of carboxylic acid groups (broad SMARTS) is 3. The number of nitrogens with one attached hydrogen (secondary N) is 2. The van der Waals surface area contributed by atoms with Gasteiger partial charge in [0.1, 0.15) is 5.41 Å². The summed E-state index contributed by atoms with van der Waals surface area (Å²) >= 11 is 0. The van der Waals surface area contributed by atoms with Crippen LogP contribution in [-0.4, -0.2) is 51.1 Å². The monoisotopic (exact) mass is 446 g/mol. The lowest BCUT2D eigenvalue weighted by molar-refractivity contribution is -0.148. The number of aliphatic carboxylic acids is 3. The quantitative estimate of drug-likeness (QED) is 0.404. The first kappa shape index (κ1) is 30.2. The Labute approximate surface area is 181 Å². The van der Waals surface area contributed by atoms with E-state index in [9.17, 15) is 28.8 Å². The summed E-state index contributed by atoms with van der Waals surface area (Å²) in [4.78, 5) is 62.8. The Morgan fingerprint density at radius 2 is 1.06 bits per heavy atom. The zero-order valence-corrected chi connectivity index (χ0v) is 18.5. The van der Waals surface area contributed by atoms with Crippen molar-refractivity contribution in [1.29, 1.82) is 0 Å². The van der Waals surface area contributed by atoms with Crippen LogP contribution in [0.2, 0.25) is 0 Å². The lowest BCUT2D eigenvalue weighted by atomic mass is 9.68. The molecule has 11 nitrogen and oxygen atoms in total. The van der Waals surface area contributed by atoms with Crippen molar-refractivity contribution in [2.75, 3.05) is 0 Å². The van der Waals surface area contributed by atoms with E-state index in [-0.39, 0.29) is 25.2 Å². The third-order valence-electron chi connectivity index (χ3n) is 4.73. The topological polar surface area (TPSA) is 187 Å². The Kier molecular flexibility index (Phi) is 15.4. The molecule has 2 fully saturated rings. The predicted octanol–water partition coefficient (Wildman–Crippen LogP) is 2.38. The Balaban J connectivity index is 0. The fraction of sp³-hybridized carbons (Fsp3) is 0.700. The highest BCUT2D eigenvalue weighted by Gasteiger charge is 2.51. The van der Waals surface area contributed by atoms with E-state index in [0.717, 1.165) is 32.1 Å². The van der Waals surface area contributed by atoms with E-state index in [4.69, 9.17) is 15.3 Å². The van der Waals surface area contributed by atoms with Crippen LogP contribution in [0.15, 0.2) is 0 Å². The molecule has 0 radical (unpaired) electrons. The summed E-state index contributed by atoms with van der Waals surface area (Å²) in [5, 5.41) is 27.5. The largest absolute Gasteiger partial charge is 0.481 e. The molecule has 31 heavy (non-hydrogen) atoms.